The van der Waals surface area contributed by atoms with Crippen LogP contribution in [0.25, 0.3) is 0 Å². The number of rotatable bonds is 6. The highest BCUT2D eigenvalue weighted by Gasteiger charge is 2.19. The van der Waals surface area contributed by atoms with Crippen LogP contribution in [0.15, 0.2) is 48.5 Å². The average Bonchev–Trinajstić information content (AvgIpc) is 2.61. The average molecular weight is 359 g/mol. The van der Waals surface area contributed by atoms with Gasteiger partial charge in [0.15, 0.2) is 10.9 Å². The smallest absolute Gasteiger partial charge is 0.311 e. The minimum Gasteiger partial charge on any atom is -0.487 e. The molecule has 0 radical (unpaired) electrons. The van der Waals surface area contributed by atoms with Crippen molar-refractivity contribution in [1.29, 1.82) is 0 Å². The molecule has 0 aliphatic carbocycles. The predicted molar refractivity (Wildman–Crippen MR) is 97.6 cm³/mol. The number of nitro benzene ring substituents is 1. The Morgan fingerprint density at radius 2 is 1.96 bits per heavy atom. The number of nitro groups is 1. The highest BCUT2D eigenvalue weighted by Crippen LogP contribution is 2.27. The minimum atomic E-state index is -0.590. The number of nitrogens with one attached hydrogen (secondary N) is 2. The first kappa shape index (κ1) is 18.3. The summed E-state index contributed by atoms with van der Waals surface area (Å²) in [5.74, 6) is -0.412. The van der Waals surface area contributed by atoms with Gasteiger partial charge in [0.2, 0.25) is 0 Å². The summed E-state index contributed by atoms with van der Waals surface area (Å²) < 4.78 is 5.19. The summed E-state index contributed by atoms with van der Waals surface area (Å²) >= 11 is 5.08. The highest BCUT2D eigenvalue weighted by atomic mass is 32.1. The van der Waals surface area contributed by atoms with Crippen LogP contribution in [0.2, 0.25) is 0 Å². The van der Waals surface area contributed by atoms with E-state index in [1.165, 1.54) is 18.2 Å². The molecule has 2 N–H and O–H groups in total. The third kappa shape index (κ3) is 5.25. The van der Waals surface area contributed by atoms with Gasteiger partial charge in [-0.3, -0.25) is 20.2 Å². The number of thiocarbonyl (C=S) groups is 1. The fourth-order valence-corrected chi connectivity index (χ4v) is 2.24. The number of carbonyl (C=O) groups excluding carboxylic acids is 1. The Balaban J connectivity index is 2.01. The first-order valence-electron chi connectivity index (χ1n) is 7.55. The number of nitrogens with zero attached hydrogens (tertiary/aromatic N) is 1. The van der Waals surface area contributed by atoms with Crippen LogP contribution >= 0.6 is 12.2 Å². The molecule has 0 atom stereocenters. The molecule has 25 heavy (non-hydrogen) atoms. The van der Waals surface area contributed by atoms with Gasteiger partial charge >= 0.3 is 5.69 Å². The Labute approximate surface area is 150 Å². The summed E-state index contributed by atoms with van der Waals surface area (Å²) in [7, 11) is 0. The lowest BCUT2D eigenvalue weighted by molar-refractivity contribution is -0.385. The van der Waals surface area contributed by atoms with Crippen molar-refractivity contribution < 1.29 is 14.5 Å². The first-order chi connectivity index (χ1) is 12.0. The van der Waals surface area contributed by atoms with Crippen molar-refractivity contribution in [2.24, 2.45) is 0 Å². The molecular formula is C17H17N3O4S. The first-order valence-corrected chi connectivity index (χ1v) is 7.96. The lowest BCUT2D eigenvalue weighted by Gasteiger charge is -2.10. The van der Waals surface area contributed by atoms with Crippen molar-refractivity contribution >= 4 is 28.9 Å². The van der Waals surface area contributed by atoms with Crippen molar-refractivity contribution in [2.45, 2.75) is 13.5 Å². The maximum absolute atomic E-state index is 12.2. The topological polar surface area (TPSA) is 93.5 Å². The lowest BCUT2D eigenvalue weighted by atomic mass is 10.1. The molecule has 7 nitrogen and oxygen atoms in total. The zero-order chi connectivity index (χ0) is 18.2. The summed E-state index contributed by atoms with van der Waals surface area (Å²) in [5, 5.41) is 16.7. The van der Waals surface area contributed by atoms with Crippen molar-refractivity contribution in [1.82, 2.24) is 10.6 Å². The number of benzene rings is 2. The molecule has 0 spiro atoms. The largest absolute Gasteiger partial charge is 0.487 e. The van der Waals surface area contributed by atoms with Crippen molar-refractivity contribution in [3.05, 3.63) is 69.8 Å². The molecule has 0 heterocycles. The van der Waals surface area contributed by atoms with Gasteiger partial charge in [-0.15, -0.1) is 0 Å². The summed E-state index contributed by atoms with van der Waals surface area (Å²) in [6.45, 7) is 2.48. The van der Waals surface area contributed by atoms with E-state index in [-0.39, 0.29) is 22.1 Å². The van der Waals surface area contributed by atoms with Crippen LogP contribution in [0.3, 0.4) is 0 Å². The van der Waals surface area contributed by atoms with Gasteiger partial charge in [-0.05, 0) is 36.8 Å². The van der Waals surface area contributed by atoms with Gasteiger partial charge < -0.3 is 10.1 Å². The molecule has 130 valence electrons. The molecule has 0 bridgehead atoms. The predicted octanol–water partition coefficient (Wildman–Crippen LogP) is 2.80. The van der Waals surface area contributed by atoms with Crippen molar-refractivity contribution in [3.8, 4) is 5.75 Å². The monoisotopic (exact) mass is 359 g/mol. The molecule has 1 amide bonds. The Hall–Kier alpha value is -3.00. The molecular weight excluding hydrogens is 342 g/mol. The third-order valence-corrected chi connectivity index (χ3v) is 3.49. The van der Waals surface area contributed by atoms with Crippen LogP contribution in [-0.4, -0.2) is 22.5 Å². The molecule has 2 rings (SSSR count). The second-order valence-corrected chi connectivity index (χ2v) is 5.40. The molecule has 2 aromatic rings. The van der Waals surface area contributed by atoms with Gasteiger partial charge in [-0.25, -0.2) is 0 Å². The van der Waals surface area contributed by atoms with Crippen LogP contribution in [0.5, 0.6) is 5.75 Å². The minimum absolute atomic E-state index is 0.119. The van der Waals surface area contributed by atoms with E-state index >= 15 is 0 Å². The zero-order valence-electron chi connectivity index (χ0n) is 13.5. The number of hydrogen-bond acceptors (Lipinski definition) is 5. The lowest BCUT2D eigenvalue weighted by Crippen LogP contribution is -2.38. The molecule has 0 aromatic heterocycles. The SMILES string of the molecule is CCOc1ccc(C(=O)NC(=S)NCc2ccccc2)cc1[N+](=O)[O-]. The Bertz CT molecular complexity index is 781. The van der Waals surface area contributed by atoms with Gasteiger partial charge in [0.25, 0.3) is 5.91 Å². The maximum Gasteiger partial charge on any atom is 0.311 e. The van der Waals surface area contributed by atoms with Crippen LogP contribution in [0.1, 0.15) is 22.8 Å². The number of amides is 1. The molecule has 0 aliphatic rings. The Kier molecular flexibility index (Phi) is 6.41. The molecule has 0 saturated carbocycles. The standard InChI is InChI=1S/C17H17N3O4S/c1-2-24-15-9-8-13(10-14(15)20(22)23)16(21)19-17(25)18-11-12-6-4-3-5-7-12/h3-10H,2,11H2,1H3,(H2,18,19,21,25). The highest BCUT2D eigenvalue weighted by molar-refractivity contribution is 7.80. The summed E-state index contributed by atoms with van der Waals surface area (Å²) in [4.78, 5) is 22.7. The van der Waals surface area contributed by atoms with Gasteiger partial charge in [0.05, 0.1) is 11.5 Å². The van der Waals surface area contributed by atoms with Crippen LogP contribution in [0, 0.1) is 10.1 Å². The third-order valence-electron chi connectivity index (χ3n) is 3.24. The van der Waals surface area contributed by atoms with E-state index in [9.17, 15) is 14.9 Å². The molecule has 2 aromatic carbocycles. The summed E-state index contributed by atoms with van der Waals surface area (Å²) in [6.07, 6.45) is 0. The van der Waals surface area contributed by atoms with Crippen molar-refractivity contribution in [3.63, 3.8) is 0 Å². The molecule has 8 heteroatoms. The molecule has 0 unspecified atom stereocenters. The van der Waals surface area contributed by atoms with Gasteiger partial charge in [0.1, 0.15) is 0 Å². The van der Waals surface area contributed by atoms with E-state index in [1.54, 1.807) is 6.92 Å². The van der Waals surface area contributed by atoms with Crippen LogP contribution in [-0.2, 0) is 6.54 Å². The number of carbonyl (C=O) groups is 1. The van der Waals surface area contributed by atoms with E-state index in [0.717, 1.165) is 5.56 Å². The van der Waals surface area contributed by atoms with Gasteiger partial charge in [0, 0.05) is 18.2 Å². The van der Waals surface area contributed by atoms with E-state index in [2.05, 4.69) is 10.6 Å². The zero-order valence-corrected chi connectivity index (χ0v) is 14.3. The van der Waals surface area contributed by atoms with E-state index in [4.69, 9.17) is 17.0 Å². The van der Waals surface area contributed by atoms with Gasteiger partial charge in [-0.2, -0.15) is 0 Å². The summed E-state index contributed by atoms with van der Waals surface area (Å²) in [5.41, 5.74) is 0.868. The second kappa shape index (κ2) is 8.74. The second-order valence-electron chi connectivity index (χ2n) is 5.00. The Morgan fingerprint density at radius 3 is 2.60 bits per heavy atom. The normalized spacial score (nSPS) is 9.96. The molecule has 0 aliphatic heterocycles. The van der Waals surface area contributed by atoms with Crippen LogP contribution in [0.4, 0.5) is 5.69 Å². The number of hydrogen-bond donors (Lipinski definition) is 2. The van der Waals surface area contributed by atoms with E-state index < -0.39 is 10.8 Å². The quantitative estimate of drug-likeness (QED) is 0.468. The summed E-state index contributed by atoms with van der Waals surface area (Å²) in [6, 6.07) is 13.6. The maximum atomic E-state index is 12.2. The fourth-order valence-electron chi connectivity index (χ4n) is 2.08. The molecule has 0 fully saturated rings. The number of ether oxygens (including phenoxy) is 1. The van der Waals surface area contributed by atoms with Gasteiger partial charge in [-0.1, -0.05) is 30.3 Å². The fraction of sp³-hybridized carbons (Fsp3) is 0.176. The van der Waals surface area contributed by atoms with Crippen molar-refractivity contribution in [2.75, 3.05) is 6.61 Å². The van der Waals surface area contributed by atoms with E-state index in [1.807, 2.05) is 30.3 Å². The van der Waals surface area contributed by atoms with E-state index in [0.29, 0.717) is 13.2 Å². The van der Waals surface area contributed by atoms with Crippen LogP contribution < -0.4 is 15.4 Å². The molecule has 0 saturated heterocycles. The Morgan fingerprint density at radius 1 is 1.24 bits per heavy atom.